The maximum absolute atomic E-state index is 14.0. The molecule has 3 rings (SSSR count). The van der Waals surface area contributed by atoms with Crippen LogP contribution in [0.1, 0.15) is 23.5 Å². The van der Waals surface area contributed by atoms with Crippen molar-refractivity contribution in [2.75, 3.05) is 10.6 Å². The molecule has 1 aromatic heterocycles. The predicted molar refractivity (Wildman–Crippen MR) is 74.0 cm³/mol. The number of nitrogens with one attached hydrogen (secondary N) is 3. The number of aromatic amines is 1. The second-order valence-electron chi connectivity index (χ2n) is 4.88. The number of aryl methyl sites for hydroxylation is 2. The van der Waals surface area contributed by atoms with Gasteiger partial charge in [-0.05, 0) is 31.0 Å². The van der Waals surface area contributed by atoms with Crippen molar-refractivity contribution in [3.8, 4) is 0 Å². The lowest BCUT2D eigenvalue weighted by molar-refractivity contribution is -0.116. The van der Waals surface area contributed by atoms with E-state index in [1.165, 1.54) is 6.07 Å². The first kappa shape index (κ1) is 12.7. The minimum absolute atomic E-state index is 0.0285. The molecule has 6 heteroatoms. The molecule has 0 saturated heterocycles. The molecule has 0 unspecified atom stereocenters. The van der Waals surface area contributed by atoms with E-state index in [0.29, 0.717) is 30.8 Å². The van der Waals surface area contributed by atoms with Crippen LogP contribution in [0.25, 0.3) is 0 Å². The molecule has 0 radical (unpaired) electrons. The van der Waals surface area contributed by atoms with Crippen LogP contribution in [0.5, 0.6) is 0 Å². The van der Waals surface area contributed by atoms with Crippen molar-refractivity contribution in [3.63, 3.8) is 0 Å². The molecular formula is C14H15FN4O. The van der Waals surface area contributed by atoms with E-state index >= 15 is 0 Å². The summed E-state index contributed by atoms with van der Waals surface area (Å²) in [6, 6.07) is 3.13. The highest BCUT2D eigenvalue weighted by atomic mass is 19.1. The van der Waals surface area contributed by atoms with Crippen LogP contribution < -0.4 is 10.6 Å². The average Bonchev–Trinajstić information content (AvgIpc) is 2.83. The van der Waals surface area contributed by atoms with E-state index in [1.807, 2.05) is 6.92 Å². The fourth-order valence-electron chi connectivity index (χ4n) is 2.29. The van der Waals surface area contributed by atoms with Crippen LogP contribution in [0.2, 0.25) is 0 Å². The molecule has 1 aliphatic heterocycles. The van der Waals surface area contributed by atoms with Gasteiger partial charge in [0.2, 0.25) is 5.91 Å². The number of amides is 1. The molecule has 0 saturated carbocycles. The Hall–Kier alpha value is -2.37. The first-order valence-electron chi connectivity index (χ1n) is 6.48. The molecule has 20 heavy (non-hydrogen) atoms. The van der Waals surface area contributed by atoms with Gasteiger partial charge in [-0.25, -0.2) is 9.37 Å². The number of rotatable bonds is 3. The number of fused-ring (bicyclic) bond motifs is 1. The SMILES string of the molecule is Cc1ncc(CNc2cc3c(cc2F)CCC(=O)N3)[nH]1. The largest absolute Gasteiger partial charge is 0.377 e. The van der Waals surface area contributed by atoms with E-state index in [9.17, 15) is 9.18 Å². The number of carbonyl (C=O) groups is 1. The molecule has 5 nitrogen and oxygen atoms in total. The van der Waals surface area contributed by atoms with Gasteiger partial charge in [0.1, 0.15) is 11.6 Å². The van der Waals surface area contributed by atoms with Gasteiger partial charge in [0, 0.05) is 12.1 Å². The van der Waals surface area contributed by atoms with Crippen LogP contribution in [0.4, 0.5) is 15.8 Å². The third-order valence-corrected chi connectivity index (χ3v) is 3.31. The highest BCUT2D eigenvalue weighted by Gasteiger charge is 2.17. The molecule has 2 heterocycles. The molecule has 0 aliphatic carbocycles. The molecule has 104 valence electrons. The Bertz CT molecular complexity index is 665. The van der Waals surface area contributed by atoms with Crippen LogP contribution in [-0.2, 0) is 17.8 Å². The second kappa shape index (κ2) is 4.96. The Morgan fingerprint density at radius 3 is 3.00 bits per heavy atom. The minimum Gasteiger partial charge on any atom is -0.377 e. The molecule has 1 aliphatic rings. The fourth-order valence-corrected chi connectivity index (χ4v) is 2.29. The number of nitrogens with zero attached hydrogens (tertiary/aromatic N) is 1. The third-order valence-electron chi connectivity index (χ3n) is 3.31. The lowest BCUT2D eigenvalue weighted by Crippen LogP contribution is -2.19. The minimum atomic E-state index is -0.309. The van der Waals surface area contributed by atoms with Gasteiger partial charge in [0.15, 0.2) is 0 Å². The van der Waals surface area contributed by atoms with Gasteiger partial charge in [-0.2, -0.15) is 0 Å². The number of hydrogen-bond donors (Lipinski definition) is 3. The molecule has 0 spiro atoms. The summed E-state index contributed by atoms with van der Waals surface area (Å²) in [6.45, 7) is 2.31. The molecular weight excluding hydrogens is 259 g/mol. The number of halogens is 1. The fraction of sp³-hybridized carbons (Fsp3) is 0.286. The molecule has 0 fully saturated rings. The van der Waals surface area contributed by atoms with Gasteiger partial charge in [0.25, 0.3) is 0 Å². The number of hydrogen-bond acceptors (Lipinski definition) is 3. The predicted octanol–water partition coefficient (Wildman–Crippen LogP) is 2.35. The smallest absolute Gasteiger partial charge is 0.224 e. The van der Waals surface area contributed by atoms with E-state index in [1.54, 1.807) is 12.3 Å². The molecule has 0 atom stereocenters. The zero-order valence-electron chi connectivity index (χ0n) is 11.1. The Morgan fingerprint density at radius 1 is 1.40 bits per heavy atom. The van der Waals surface area contributed by atoms with Crippen molar-refractivity contribution in [2.24, 2.45) is 0 Å². The maximum atomic E-state index is 14.0. The van der Waals surface area contributed by atoms with Gasteiger partial charge < -0.3 is 15.6 Å². The van der Waals surface area contributed by atoms with Crippen LogP contribution >= 0.6 is 0 Å². The number of anilines is 2. The van der Waals surface area contributed by atoms with E-state index < -0.39 is 0 Å². The van der Waals surface area contributed by atoms with E-state index in [-0.39, 0.29) is 11.7 Å². The number of carbonyl (C=O) groups excluding carboxylic acids is 1. The van der Waals surface area contributed by atoms with E-state index in [4.69, 9.17) is 0 Å². The monoisotopic (exact) mass is 274 g/mol. The van der Waals surface area contributed by atoms with Crippen molar-refractivity contribution >= 4 is 17.3 Å². The van der Waals surface area contributed by atoms with Gasteiger partial charge in [-0.1, -0.05) is 0 Å². The van der Waals surface area contributed by atoms with Crippen LogP contribution in [0.3, 0.4) is 0 Å². The summed E-state index contributed by atoms with van der Waals surface area (Å²) in [6.07, 6.45) is 2.70. The highest BCUT2D eigenvalue weighted by Crippen LogP contribution is 2.28. The molecule has 2 aromatic rings. The van der Waals surface area contributed by atoms with Gasteiger partial charge in [-0.15, -0.1) is 0 Å². The zero-order chi connectivity index (χ0) is 14.1. The lowest BCUT2D eigenvalue weighted by Gasteiger charge is -2.18. The molecule has 1 aromatic carbocycles. The van der Waals surface area contributed by atoms with E-state index in [0.717, 1.165) is 17.1 Å². The van der Waals surface area contributed by atoms with Crippen molar-refractivity contribution in [1.82, 2.24) is 9.97 Å². The normalized spacial score (nSPS) is 13.8. The quantitative estimate of drug-likeness (QED) is 0.804. The Labute approximate surface area is 115 Å². The molecule has 3 N–H and O–H groups in total. The van der Waals surface area contributed by atoms with Gasteiger partial charge in [-0.3, -0.25) is 4.79 Å². The summed E-state index contributed by atoms with van der Waals surface area (Å²) >= 11 is 0. The third kappa shape index (κ3) is 2.49. The number of benzene rings is 1. The average molecular weight is 274 g/mol. The Balaban J connectivity index is 1.79. The van der Waals surface area contributed by atoms with Gasteiger partial charge in [0.05, 0.1) is 24.1 Å². The van der Waals surface area contributed by atoms with Crippen molar-refractivity contribution in [1.29, 1.82) is 0 Å². The zero-order valence-corrected chi connectivity index (χ0v) is 11.1. The highest BCUT2D eigenvalue weighted by molar-refractivity contribution is 5.94. The summed E-state index contributed by atoms with van der Waals surface area (Å²) in [5, 5.41) is 5.77. The second-order valence-corrected chi connectivity index (χ2v) is 4.88. The van der Waals surface area contributed by atoms with Crippen molar-refractivity contribution in [2.45, 2.75) is 26.3 Å². The van der Waals surface area contributed by atoms with Crippen molar-refractivity contribution < 1.29 is 9.18 Å². The molecule has 0 bridgehead atoms. The number of aromatic nitrogens is 2. The standard InChI is InChI=1S/C14H15FN4O/c1-8-16-6-10(18-8)7-17-13-5-12-9(4-11(13)15)2-3-14(20)19-12/h4-6,17H,2-3,7H2,1H3,(H,16,18)(H,19,20). The van der Waals surface area contributed by atoms with Crippen LogP contribution in [-0.4, -0.2) is 15.9 Å². The lowest BCUT2D eigenvalue weighted by atomic mass is 10.0. The first-order chi connectivity index (χ1) is 9.61. The first-order valence-corrected chi connectivity index (χ1v) is 6.48. The van der Waals surface area contributed by atoms with Crippen LogP contribution in [0.15, 0.2) is 18.3 Å². The van der Waals surface area contributed by atoms with Crippen LogP contribution in [0, 0.1) is 12.7 Å². The summed E-state index contributed by atoms with van der Waals surface area (Å²) < 4.78 is 14.0. The summed E-state index contributed by atoms with van der Waals surface area (Å²) in [4.78, 5) is 18.5. The van der Waals surface area contributed by atoms with Gasteiger partial charge >= 0.3 is 0 Å². The van der Waals surface area contributed by atoms with E-state index in [2.05, 4.69) is 20.6 Å². The maximum Gasteiger partial charge on any atom is 0.224 e. The summed E-state index contributed by atoms with van der Waals surface area (Å²) in [5.41, 5.74) is 2.78. The summed E-state index contributed by atoms with van der Waals surface area (Å²) in [5.74, 6) is 0.482. The summed E-state index contributed by atoms with van der Waals surface area (Å²) in [7, 11) is 0. The Kier molecular flexibility index (Phi) is 3.14. The topological polar surface area (TPSA) is 69.8 Å². The number of imidazole rings is 1. The number of H-pyrrole nitrogens is 1. The molecule has 1 amide bonds. The van der Waals surface area contributed by atoms with Crippen molar-refractivity contribution in [3.05, 3.63) is 41.2 Å². The Morgan fingerprint density at radius 2 is 2.25 bits per heavy atom.